The Kier molecular flexibility index (Phi) is 4.76. The highest BCUT2D eigenvalue weighted by Crippen LogP contribution is 2.31. The van der Waals surface area contributed by atoms with Crippen molar-refractivity contribution in [2.45, 2.75) is 28.0 Å². The molecule has 2 aromatic rings. The van der Waals surface area contributed by atoms with E-state index in [1.165, 1.54) is 23.9 Å². The lowest BCUT2D eigenvalue weighted by Crippen LogP contribution is -2.23. The van der Waals surface area contributed by atoms with Crippen molar-refractivity contribution in [3.63, 3.8) is 0 Å². The van der Waals surface area contributed by atoms with Crippen molar-refractivity contribution in [2.24, 2.45) is 0 Å². The van der Waals surface area contributed by atoms with E-state index in [0.717, 1.165) is 23.5 Å². The molecule has 0 aliphatic rings. The van der Waals surface area contributed by atoms with Crippen LogP contribution in [-0.4, -0.2) is 23.9 Å². The monoisotopic (exact) mass is 348 g/mol. The van der Waals surface area contributed by atoms with E-state index >= 15 is 0 Å². The molecule has 22 heavy (non-hydrogen) atoms. The van der Waals surface area contributed by atoms with Gasteiger partial charge in [0.1, 0.15) is 0 Å². The Morgan fingerprint density at radius 3 is 2.23 bits per heavy atom. The first kappa shape index (κ1) is 16.8. The highest BCUT2D eigenvalue weighted by Gasteiger charge is 2.46. The van der Waals surface area contributed by atoms with E-state index in [2.05, 4.69) is 9.97 Å². The summed E-state index contributed by atoms with van der Waals surface area (Å²) in [5.74, 6) is 0.485. The molecule has 1 aromatic carbocycles. The van der Waals surface area contributed by atoms with Gasteiger partial charge in [0.25, 0.3) is 9.84 Å². The summed E-state index contributed by atoms with van der Waals surface area (Å²) < 4.78 is 59.7. The molecule has 118 valence electrons. The third-order valence-corrected chi connectivity index (χ3v) is 5.21. The minimum absolute atomic E-state index is 0.485. The van der Waals surface area contributed by atoms with Crippen LogP contribution < -0.4 is 0 Å². The van der Waals surface area contributed by atoms with Crippen LogP contribution in [-0.2, 0) is 15.6 Å². The fourth-order valence-electron chi connectivity index (χ4n) is 1.50. The zero-order chi connectivity index (χ0) is 16.4. The largest absolute Gasteiger partial charge is 0.501 e. The third kappa shape index (κ3) is 3.77. The van der Waals surface area contributed by atoms with Crippen molar-refractivity contribution >= 4 is 21.6 Å². The molecule has 0 aliphatic carbocycles. The number of hydrogen-bond acceptors (Lipinski definition) is 5. The van der Waals surface area contributed by atoms with Gasteiger partial charge in [0, 0.05) is 23.0 Å². The number of aryl methyl sites for hydroxylation is 1. The standard InChI is InChI=1S/C13H11F3N2O2S2/c1-9-6-18-10(7-17-9)8-21-11-2-4-12(5-3-11)22(19,20)13(14,15)16/h2-7H,8H2,1H3. The van der Waals surface area contributed by atoms with Crippen LogP contribution in [0.5, 0.6) is 0 Å². The van der Waals surface area contributed by atoms with E-state index in [4.69, 9.17) is 0 Å². The summed E-state index contributed by atoms with van der Waals surface area (Å²) in [4.78, 5) is 8.12. The van der Waals surface area contributed by atoms with Crippen molar-refractivity contribution in [3.8, 4) is 0 Å². The van der Waals surface area contributed by atoms with Gasteiger partial charge in [0.15, 0.2) is 0 Å². The number of sulfone groups is 1. The van der Waals surface area contributed by atoms with Crippen LogP contribution >= 0.6 is 11.8 Å². The molecule has 0 atom stereocenters. The van der Waals surface area contributed by atoms with Crippen molar-refractivity contribution in [3.05, 3.63) is 48.0 Å². The van der Waals surface area contributed by atoms with Crippen LogP contribution in [0.2, 0.25) is 0 Å². The van der Waals surface area contributed by atoms with E-state index in [1.54, 1.807) is 12.4 Å². The maximum Gasteiger partial charge on any atom is 0.501 e. The van der Waals surface area contributed by atoms with Gasteiger partial charge in [-0.25, -0.2) is 8.42 Å². The maximum absolute atomic E-state index is 12.4. The van der Waals surface area contributed by atoms with Crippen LogP contribution in [0, 0.1) is 6.92 Å². The lowest BCUT2D eigenvalue weighted by molar-refractivity contribution is -0.0436. The smallest absolute Gasteiger partial charge is 0.258 e. The highest BCUT2D eigenvalue weighted by molar-refractivity contribution is 7.98. The number of benzene rings is 1. The second-order valence-electron chi connectivity index (χ2n) is 4.36. The van der Waals surface area contributed by atoms with Crippen molar-refractivity contribution < 1.29 is 21.6 Å². The predicted octanol–water partition coefficient (Wildman–Crippen LogP) is 3.37. The molecule has 0 fully saturated rings. The minimum Gasteiger partial charge on any atom is -0.258 e. The molecule has 0 unspecified atom stereocenters. The van der Waals surface area contributed by atoms with E-state index in [-0.39, 0.29) is 0 Å². The first-order valence-electron chi connectivity index (χ1n) is 6.02. The zero-order valence-corrected chi connectivity index (χ0v) is 13.0. The average molecular weight is 348 g/mol. The van der Waals surface area contributed by atoms with Gasteiger partial charge >= 0.3 is 5.51 Å². The van der Waals surface area contributed by atoms with Gasteiger partial charge in [-0.3, -0.25) is 9.97 Å². The Balaban J connectivity index is 2.08. The Morgan fingerprint density at radius 2 is 1.73 bits per heavy atom. The molecule has 0 bridgehead atoms. The zero-order valence-electron chi connectivity index (χ0n) is 11.3. The van der Waals surface area contributed by atoms with Crippen molar-refractivity contribution in [1.82, 2.24) is 9.97 Å². The molecule has 0 saturated carbocycles. The topological polar surface area (TPSA) is 59.9 Å². The Bertz CT molecular complexity index is 742. The normalized spacial score (nSPS) is 12.4. The van der Waals surface area contributed by atoms with Crippen molar-refractivity contribution in [1.29, 1.82) is 0 Å². The number of rotatable bonds is 4. The van der Waals surface area contributed by atoms with Gasteiger partial charge in [-0.15, -0.1) is 11.8 Å². The fraction of sp³-hybridized carbons (Fsp3) is 0.231. The summed E-state index contributed by atoms with van der Waals surface area (Å²) >= 11 is 1.33. The minimum atomic E-state index is -5.30. The molecule has 0 radical (unpaired) electrons. The number of alkyl halides is 3. The first-order chi connectivity index (χ1) is 10.2. The second-order valence-corrected chi connectivity index (χ2v) is 7.35. The first-order valence-corrected chi connectivity index (χ1v) is 8.49. The molecular weight excluding hydrogens is 337 g/mol. The summed E-state index contributed by atoms with van der Waals surface area (Å²) in [6.45, 7) is 1.81. The molecule has 2 rings (SSSR count). The summed E-state index contributed by atoms with van der Waals surface area (Å²) in [6, 6.07) is 4.58. The quantitative estimate of drug-likeness (QED) is 0.793. The molecule has 1 heterocycles. The van der Waals surface area contributed by atoms with Gasteiger partial charge in [0.05, 0.1) is 16.3 Å². The molecule has 0 amide bonds. The van der Waals surface area contributed by atoms with Gasteiger partial charge < -0.3 is 0 Å². The van der Waals surface area contributed by atoms with E-state index in [1.807, 2.05) is 6.92 Å². The Labute approximate surface area is 129 Å². The van der Waals surface area contributed by atoms with E-state index in [9.17, 15) is 21.6 Å². The number of halogens is 3. The number of nitrogens with zero attached hydrogens (tertiary/aromatic N) is 2. The van der Waals surface area contributed by atoms with Crippen LogP contribution in [0.4, 0.5) is 13.2 Å². The third-order valence-electron chi connectivity index (χ3n) is 2.66. The second kappa shape index (κ2) is 6.25. The summed E-state index contributed by atoms with van der Waals surface area (Å²) in [7, 11) is -5.30. The fourth-order valence-corrected chi connectivity index (χ4v) is 3.05. The molecule has 9 heteroatoms. The Hall–Kier alpha value is -1.61. The van der Waals surface area contributed by atoms with Gasteiger partial charge in [-0.05, 0) is 31.2 Å². The molecule has 0 saturated heterocycles. The summed E-state index contributed by atoms with van der Waals surface area (Å²) in [5, 5.41) is 0. The van der Waals surface area contributed by atoms with Crippen LogP contribution in [0.25, 0.3) is 0 Å². The number of aromatic nitrogens is 2. The van der Waals surface area contributed by atoms with E-state index in [0.29, 0.717) is 10.6 Å². The van der Waals surface area contributed by atoms with Gasteiger partial charge in [-0.2, -0.15) is 13.2 Å². The van der Waals surface area contributed by atoms with Crippen molar-refractivity contribution in [2.75, 3.05) is 0 Å². The number of thioether (sulfide) groups is 1. The van der Waals surface area contributed by atoms with E-state index < -0.39 is 20.2 Å². The summed E-state index contributed by atoms with van der Waals surface area (Å²) in [6.07, 6.45) is 3.24. The maximum atomic E-state index is 12.4. The number of hydrogen-bond donors (Lipinski definition) is 0. The Morgan fingerprint density at radius 1 is 1.09 bits per heavy atom. The van der Waals surface area contributed by atoms with Crippen LogP contribution in [0.1, 0.15) is 11.4 Å². The molecule has 0 aliphatic heterocycles. The molecular formula is C13H11F3N2O2S2. The SMILES string of the molecule is Cc1cnc(CSc2ccc(S(=O)(=O)C(F)(F)F)cc2)cn1. The average Bonchev–Trinajstić information content (AvgIpc) is 2.46. The lowest BCUT2D eigenvalue weighted by atomic mass is 10.4. The molecule has 0 N–H and O–H groups in total. The highest BCUT2D eigenvalue weighted by atomic mass is 32.2. The van der Waals surface area contributed by atoms with Gasteiger partial charge in [-0.1, -0.05) is 0 Å². The van der Waals surface area contributed by atoms with Gasteiger partial charge in [0.2, 0.25) is 0 Å². The van der Waals surface area contributed by atoms with Crippen LogP contribution in [0.15, 0.2) is 46.5 Å². The molecule has 1 aromatic heterocycles. The lowest BCUT2D eigenvalue weighted by Gasteiger charge is -2.08. The summed E-state index contributed by atoms with van der Waals surface area (Å²) in [5.41, 5.74) is -3.78. The predicted molar refractivity (Wildman–Crippen MR) is 76.0 cm³/mol. The van der Waals surface area contributed by atoms with Crippen LogP contribution in [0.3, 0.4) is 0 Å². The molecule has 0 spiro atoms. The molecule has 4 nitrogen and oxygen atoms in total.